The molecule has 4 rings (SSSR count). The summed E-state index contributed by atoms with van der Waals surface area (Å²) in [5.41, 5.74) is 1.59. The standard InChI is InChI=1S/C23H16O5/c1-26-19-10-6-5-9-16(19)13-21-22(24)18-12-11-17(14-20(18)28-21)27-23(25)15-7-3-2-4-8-15/h2-14H,1H3/b21-13-. The first kappa shape index (κ1) is 17.5. The summed E-state index contributed by atoms with van der Waals surface area (Å²) in [6.45, 7) is 0. The van der Waals surface area contributed by atoms with Crippen LogP contribution in [-0.2, 0) is 0 Å². The molecule has 1 heterocycles. The number of esters is 1. The minimum Gasteiger partial charge on any atom is -0.496 e. The molecule has 0 atom stereocenters. The summed E-state index contributed by atoms with van der Waals surface area (Å²) >= 11 is 0. The Labute approximate surface area is 161 Å². The van der Waals surface area contributed by atoms with Gasteiger partial charge in [0.25, 0.3) is 0 Å². The molecule has 0 N–H and O–H groups in total. The largest absolute Gasteiger partial charge is 0.496 e. The highest BCUT2D eigenvalue weighted by atomic mass is 16.5. The lowest BCUT2D eigenvalue weighted by Crippen LogP contribution is -2.08. The van der Waals surface area contributed by atoms with Gasteiger partial charge in [0.2, 0.25) is 5.78 Å². The Morgan fingerprint density at radius 1 is 0.964 bits per heavy atom. The third kappa shape index (κ3) is 3.38. The van der Waals surface area contributed by atoms with Crippen molar-refractivity contribution < 1.29 is 23.8 Å². The maximum atomic E-state index is 12.6. The fourth-order valence-electron chi connectivity index (χ4n) is 2.90. The Bertz CT molecular complexity index is 1080. The summed E-state index contributed by atoms with van der Waals surface area (Å²) in [5, 5.41) is 0. The molecule has 0 saturated heterocycles. The van der Waals surface area contributed by atoms with E-state index in [1.165, 1.54) is 6.07 Å². The maximum absolute atomic E-state index is 12.6. The van der Waals surface area contributed by atoms with Gasteiger partial charge in [-0.2, -0.15) is 0 Å². The number of Topliss-reactive ketones (excluding diaryl/α,β-unsaturated/α-hetero) is 1. The van der Waals surface area contributed by atoms with Gasteiger partial charge in [0.05, 0.1) is 18.2 Å². The molecule has 1 aliphatic rings. The van der Waals surface area contributed by atoms with Gasteiger partial charge in [-0.1, -0.05) is 36.4 Å². The highest BCUT2D eigenvalue weighted by Gasteiger charge is 2.28. The molecule has 138 valence electrons. The number of para-hydroxylation sites is 1. The van der Waals surface area contributed by atoms with Gasteiger partial charge < -0.3 is 14.2 Å². The van der Waals surface area contributed by atoms with Crippen LogP contribution >= 0.6 is 0 Å². The molecular formula is C23H16O5. The van der Waals surface area contributed by atoms with Crippen molar-refractivity contribution in [2.24, 2.45) is 0 Å². The molecule has 0 aliphatic carbocycles. The summed E-state index contributed by atoms with van der Waals surface area (Å²) < 4.78 is 16.4. The van der Waals surface area contributed by atoms with Crippen molar-refractivity contribution in [1.29, 1.82) is 0 Å². The molecule has 0 aromatic heterocycles. The van der Waals surface area contributed by atoms with Crippen molar-refractivity contribution in [3.05, 3.63) is 95.2 Å². The molecule has 5 heteroatoms. The fraction of sp³-hybridized carbons (Fsp3) is 0.0435. The van der Waals surface area contributed by atoms with E-state index in [4.69, 9.17) is 14.2 Å². The second-order valence-electron chi connectivity index (χ2n) is 6.10. The van der Waals surface area contributed by atoms with Crippen molar-refractivity contribution in [2.45, 2.75) is 0 Å². The fourth-order valence-corrected chi connectivity index (χ4v) is 2.90. The lowest BCUT2D eigenvalue weighted by molar-refractivity contribution is 0.0734. The highest BCUT2D eigenvalue weighted by molar-refractivity contribution is 6.14. The molecular weight excluding hydrogens is 356 g/mol. The van der Waals surface area contributed by atoms with Crippen LogP contribution in [-0.4, -0.2) is 18.9 Å². The highest BCUT2D eigenvalue weighted by Crippen LogP contribution is 2.35. The molecule has 0 spiro atoms. The molecule has 0 radical (unpaired) electrons. The van der Waals surface area contributed by atoms with Gasteiger partial charge in [-0.05, 0) is 36.4 Å². The number of carbonyl (C=O) groups is 2. The molecule has 0 fully saturated rings. The van der Waals surface area contributed by atoms with Crippen molar-refractivity contribution >= 4 is 17.8 Å². The van der Waals surface area contributed by atoms with E-state index in [2.05, 4.69) is 0 Å². The third-order valence-electron chi connectivity index (χ3n) is 4.29. The van der Waals surface area contributed by atoms with E-state index in [0.29, 0.717) is 28.4 Å². The average molecular weight is 372 g/mol. The molecule has 28 heavy (non-hydrogen) atoms. The molecule has 0 amide bonds. The van der Waals surface area contributed by atoms with Gasteiger partial charge in [-0.25, -0.2) is 4.79 Å². The summed E-state index contributed by atoms with van der Waals surface area (Å²) in [4.78, 5) is 24.8. The number of rotatable bonds is 4. The zero-order valence-corrected chi connectivity index (χ0v) is 15.0. The second-order valence-corrected chi connectivity index (χ2v) is 6.10. The average Bonchev–Trinajstić information content (AvgIpc) is 3.04. The first-order valence-corrected chi connectivity index (χ1v) is 8.64. The van der Waals surface area contributed by atoms with Crippen LogP contribution < -0.4 is 14.2 Å². The van der Waals surface area contributed by atoms with E-state index in [0.717, 1.165) is 5.56 Å². The van der Waals surface area contributed by atoms with E-state index in [9.17, 15) is 9.59 Å². The Hall–Kier alpha value is -3.86. The summed E-state index contributed by atoms with van der Waals surface area (Å²) in [5.74, 6) is 0.769. The summed E-state index contributed by atoms with van der Waals surface area (Å²) in [6, 6.07) is 20.7. The second kappa shape index (κ2) is 7.40. The van der Waals surface area contributed by atoms with Crippen LogP contribution in [0.1, 0.15) is 26.3 Å². The van der Waals surface area contributed by atoms with Gasteiger partial charge in [-0.15, -0.1) is 0 Å². The number of ether oxygens (including phenoxy) is 3. The van der Waals surface area contributed by atoms with Gasteiger partial charge in [0.1, 0.15) is 17.2 Å². The summed E-state index contributed by atoms with van der Waals surface area (Å²) in [7, 11) is 1.57. The van der Waals surface area contributed by atoms with Crippen molar-refractivity contribution in [1.82, 2.24) is 0 Å². The Morgan fingerprint density at radius 2 is 1.71 bits per heavy atom. The molecule has 5 nitrogen and oxygen atoms in total. The predicted octanol–water partition coefficient (Wildman–Crippen LogP) is 4.53. The normalized spacial score (nSPS) is 13.8. The number of fused-ring (bicyclic) bond motifs is 1. The first-order valence-electron chi connectivity index (χ1n) is 8.64. The number of allylic oxidation sites excluding steroid dienone is 1. The van der Waals surface area contributed by atoms with E-state index < -0.39 is 5.97 Å². The predicted molar refractivity (Wildman–Crippen MR) is 104 cm³/mol. The monoisotopic (exact) mass is 372 g/mol. The molecule has 1 aliphatic heterocycles. The topological polar surface area (TPSA) is 61.8 Å². The van der Waals surface area contributed by atoms with Crippen LogP contribution in [0.25, 0.3) is 6.08 Å². The summed E-state index contributed by atoms with van der Waals surface area (Å²) in [6.07, 6.45) is 1.64. The number of ketones is 1. The molecule has 3 aromatic carbocycles. The lowest BCUT2D eigenvalue weighted by Gasteiger charge is -2.06. The smallest absolute Gasteiger partial charge is 0.343 e. The lowest BCUT2D eigenvalue weighted by atomic mass is 10.1. The minimum atomic E-state index is -0.477. The SMILES string of the molecule is COc1ccccc1/C=C1\Oc2cc(OC(=O)c3ccccc3)ccc2C1=O. The minimum absolute atomic E-state index is 0.186. The molecule has 0 bridgehead atoms. The number of hydrogen-bond donors (Lipinski definition) is 0. The van der Waals surface area contributed by atoms with Gasteiger partial charge in [0.15, 0.2) is 5.76 Å². The van der Waals surface area contributed by atoms with Crippen molar-refractivity contribution in [3.8, 4) is 17.2 Å². The van der Waals surface area contributed by atoms with Crippen molar-refractivity contribution in [2.75, 3.05) is 7.11 Å². The Morgan fingerprint density at radius 3 is 2.50 bits per heavy atom. The van der Waals surface area contributed by atoms with E-state index in [1.807, 2.05) is 24.3 Å². The van der Waals surface area contributed by atoms with Gasteiger partial charge in [-0.3, -0.25) is 4.79 Å². The Kier molecular flexibility index (Phi) is 4.64. The maximum Gasteiger partial charge on any atom is 0.343 e. The van der Waals surface area contributed by atoms with Crippen LogP contribution in [0.5, 0.6) is 17.2 Å². The number of benzene rings is 3. The number of hydrogen-bond acceptors (Lipinski definition) is 5. The number of methoxy groups -OCH3 is 1. The van der Waals surface area contributed by atoms with Crippen LogP contribution in [0.3, 0.4) is 0 Å². The zero-order valence-electron chi connectivity index (χ0n) is 15.0. The number of carbonyl (C=O) groups excluding carboxylic acids is 2. The molecule has 0 unspecified atom stereocenters. The zero-order chi connectivity index (χ0) is 19.5. The van der Waals surface area contributed by atoms with Crippen LogP contribution in [0, 0.1) is 0 Å². The van der Waals surface area contributed by atoms with Gasteiger partial charge in [0, 0.05) is 11.6 Å². The van der Waals surface area contributed by atoms with Crippen LogP contribution in [0.2, 0.25) is 0 Å². The van der Waals surface area contributed by atoms with Gasteiger partial charge >= 0.3 is 5.97 Å². The van der Waals surface area contributed by atoms with E-state index in [-0.39, 0.29) is 11.5 Å². The van der Waals surface area contributed by atoms with E-state index in [1.54, 1.807) is 55.7 Å². The van der Waals surface area contributed by atoms with Crippen LogP contribution in [0.4, 0.5) is 0 Å². The Balaban J connectivity index is 1.58. The first-order chi connectivity index (χ1) is 13.7. The molecule has 0 saturated carbocycles. The van der Waals surface area contributed by atoms with Crippen molar-refractivity contribution in [3.63, 3.8) is 0 Å². The van der Waals surface area contributed by atoms with Crippen LogP contribution in [0.15, 0.2) is 78.6 Å². The quantitative estimate of drug-likeness (QED) is 0.382. The van der Waals surface area contributed by atoms with E-state index >= 15 is 0 Å². The molecule has 3 aromatic rings. The third-order valence-corrected chi connectivity index (χ3v) is 4.29.